The van der Waals surface area contributed by atoms with Crippen molar-refractivity contribution in [3.63, 3.8) is 0 Å². The van der Waals surface area contributed by atoms with Gasteiger partial charge in [-0.3, -0.25) is 4.90 Å². The fourth-order valence-corrected chi connectivity index (χ4v) is 3.01. The molecule has 0 bridgehead atoms. The predicted octanol–water partition coefficient (Wildman–Crippen LogP) is 3.69. The highest BCUT2D eigenvalue weighted by Gasteiger charge is 2.25. The normalized spacial score (nSPS) is 23.6. The maximum absolute atomic E-state index is 13.4. The molecule has 1 aliphatic rings. The number of hydrogen-bond acceptors (Lipinski definition) is 2. The van der Waals surface area contributed by atoms with E-state index in [2.05, 4.69) is 18.7 Å². The SMILES string of the molecule is CC1CCCC(C)N1Cc1ccc(F)cc1C=CC(=O)O. The maximum Gasteiger partial charge on any atom is 0.328 e. The summed E-state index contributed by atoms with van der Waals surface area (Å²) in [5, 5.41) is 8.75. The molecular weight excluding hydrogens is 269 g/mol. The van der Waals surface area contributed by atoms with E-state index in [1.807, 2.05) is 0 Å². The second-order valence-electron chi connectivity index (χ2n) is 5.82. The van der Waals surface area contributed by atoms with Crippen LogP contribution in [0.15, 0.2) is 24.3 Å². The largest absolute Gasteiger partial charge is 0.478 e. The lowest BCUT2D eigenvalue weighted by molar-refractivity contribution is -0.131. The number of nitrogens with zero attached hydrogens (tertiary/aromatic N) is 1. The van der Waals surface area contributed by atoms with Gasteiger partial charge in [0.1, 0.15) is 5.82 Å². The third-order valence-corrected chi connectivity index (χ3v) is 4.24. The van der Waals surface area contributed by atoms with Crippen LogP contribution in [-0.4, -0.2) is 28.1 Å². The van der Waals surface area contributed by atoms with E-state index in [-0.39, 0.29) is 5.82 Å². The summed E-state index contributed by atoms with van der Waals surface area (Å²) in [6, 6.07) is 5.58. The van der Waals surface area contributed by atoms with Crippen molar-refractivity contribution in [1.82, 2.24) is 4.90 Å². The summed E-state index contributed by atoms with van der Waals surface area (Å²) in [6.07, 6.45) is 6.12. The van der Waals surface area contributed by atoms with Gasteiger partial charge in [-0.2, -0.15) is 0 Å². The minimum atomic E-state index is -1.02. The van der Waals surface area contributed by atoms with Crippen LogP contribution in [0.2, 0.25) is 0 Å². The third kappa shape index (κ3) is 4.14. The summed E-state index contributed by atoms with van der Waals surface area (Å²) in [4.78, 5) is 13.1. The Morgan fingerprint density at radius 3 is 2.67 bits per heavy atom. The quantitative estimate of drug-likeness (QED) is 0.860. The number of carboxylic acids is 1. The molecule has 114 valence electrons. The number of aliphatic carboxylic acids is 1. The molecule has 0 saturated carbocycles. The van der Waals surface area contributed by atoms with E-state index in [0.29, 0.717) is 17.6 Å². The molecule has 0 amide bonds. The van der Waals surface area contributed by atoms with Gasteiger partial charge in [-0.1, -0.05) is 12.5 Å². The number of halogens is 1. The highest BCUT2D eigenvalue weighted by molar-refractivity contribution is 5.85. The Balaban J connectivity index is 2.24. The standard InChI is InChI=1S/C17H22FNO2/c1-12-4-3-5-13(2)19(12)11-15-6-8-16(18)10-14(15)7-9-17(20)21/h6-10,12-13H,3-5,11H2,1-2H3,(H,20,21). The van der Waals surface area contributed by atoms with Crippen LogP contribution in [0.25, 0.3) is 6.08 Å². The second kappa shape index (κ2) is 6.85. The average Bonchev–Trinajstić information content (AvgIpc) is 2.42. The van der Waals surface area contributed by atoms with Gasteiger partial charge in [0.05, 0.1) is 0 Å². The fourth-order valence-electron chi connectivity index (χ4n) is 3.01. The molecule has 2 unspecified atom stereocenters. The van der Waals surface area contributed by atoms with E-state index in [1.54, 1.807) is 6.07 Å². The molecule has 1 heterocycles. The van der Waals surface area contributed by atoms with Crippen LogP contribution in [0.1, 0.15) is 44.2 Å². The number of carboxylic acid groups (broad SMARTS) is 1. The van der Waals surface area contributed by atoms with Gasteiger partial charge in [0, 0.05) is 24.7 Å². The van der Waals surface area contributed by atoms with Gasteiger partial charge >= 0.3 is 5.97 Å². The number of likely N-dealkylation sites (tertiary alicyclic amines) is 1. The lowest BCUT2D eigenvalue weighted by atomic mass is 9.95. The van der Waals surface area contributed by atoms with Gasteiger partial charge in [0.2, 0.25) is 0 Å². The Morgan fingerprint density at radius 1 is 1.38 bits per heavy atom. The van der Waals surface area contributed by atoms with Crippen molar-refractivity contribution in [3.8, 4) is 0 Å². The molecule has 0 aromatic heterocycles. The van der Waals surface area contributed by atoms with Crippen molar-refractivity contribution < 1.29 is 14.3 Å². The van der Waals surface area contributed by atoms with Crippen molar-refractivity contribution in [2.75, 3.05) is 0 Å². The number of carbonyl (C=O) groups is 1. The number of rotatable bonds is 4. The summed E-state index contributed by atoms with van der Waals surface area (Å²) in [7, 11) is 0. The summed E-state index contributed by atoms with van der Waals surface area (Å²) < 4.78 is 13.4. The van der Waals surface area contributed by atoms with Crippen molar-refractivity contribution in [2.45, 2.75) is 51.7 Å². The number of benzene rings is 1. The molecule has 1 aliphatic heterocycles. The minimum absolute atomic E-state index is 0.344. The monoisotopic (exact) mass is 291 g/mol. The molecule has 1 fully saturated rings. The lowest BCUT2D eigenvalue weighted by Crippen LogP contribution is -2.43. The van der Waals surface area contributed by atoms with Crippen LogP contribution < -0.4 is 0 Å². The summed E-state index contributed by atoms with van der Waals surface area (Å²) in [6.45, 7) is 5.15. The van der Waals surface area contributed by atoms with E-state index in [9.17, 15) is 9.18 Å². The van der Waals surface area contributed by atoms with Crippen molar-refractivity contribution >= 4 is 12.0 Å². The lowest BCUT2D eigenvalue weighted by Gasteiger charge is -2.39. The Labute approximate surface area is 125 Å². The van der Waals surface area contributed by atoms with E-state index in [1.165, 1.54) is 37.5 Å². The molecule has 3 nitrogen and oxygen atoms in total. The molecule has 0 radical (unpaired) electrons. The van der Waals surface area contributed by atoms with Gasteiger partial charge < -0.3 is 5.11 Å². The van der Waals surface area contributed by atoms with Gasteiger partial charge in [-0.25, -0.2) is 9.18 Å². The van der Waals surface area contributed by atoms with Gasteiger partial charge in [-0.15, -0.1) is 0 Å². The predicted molar refractivity (Wildman–Crippen MR) is 81.4 cm³/mol. The first-order valence-corrected chi connectivity index (χ1v) is 7.42. The smallest absolute Gasteiger partial charge is 0.328 e. The van der Waals surface area contributed by atoms with Crippen LogP contribution >= 0.6 is 0 Å². The van der Waals surface area contributed by atoms with Crippen LogP contribution in [-0.2, 0) is 11.3 Å². The highest BCUT2D eigenvalue weighted by Crippen LogP contribution is 2.26. The summed E-state index contributed by atoms with van der Waals surface area (Å²) in [5.74, 6) is -1.37. The van der Waals surface area contributed by atoms with Crippen LogP contribution in [0, 0.1) is 5.82 Å². The van der Waals surface area contributed by atoms with Crippen molar-refractivity contribution in [2.24, 2.45) is 0 Å². The Kier molecular flexibility index (Phi) is 5.12. The Hall–Kier alpha value is -1.68. The Morgan fingerprint density at radius 2 is 2.05 bits per heavy atom. The van der Waals surface area contributed by atoms with Gasteiger partial charge in [0.25, 0.3) is 0 Å². The molecule has 1 aromatic carbocycles. The zero-order valence-electron chi connectivity index (χ0n) is 12.6. The average molecular weight is 291 g/mol. The van der Waals surface area contributed by atoms with Crippen molar-refractivity contribution in [1.29, 1.82) is 0 Å². The first-order chi connectivity index (χ1) is 9.97. The van der Waals surface area contributed by atoms with E-state index < -0.39 is 5.97 Å². The van der Waals surface area contributed by atoms with Crippen molar-refractivity contribution in [3.05, 3.63) is 41.2 Å². The topological polar surface area (TPSA) is 40.5 Å². The number of piperidine rings is 1. The first-order valence-electron chi connectivity index (χ1n) is 7.42. The molecule has 21 heavy (non-hydrogen) atoms. The highest BCUT2D eigenvalue weighted by atomic mass is 19.1. The molecule has 1 N–H and O–H groups in total. The second-order valence-corrected chi connectivity index (χ2v) is 5.82. The van der Waals surface area contributed by atoms with Gasteiger partial charge in [0.15, 0.2) is 0 Å². The van der Waals surface area contributed by atoms with E-state index in [0.717, 1.165) is 18.2 Å². The molecule has 1 saturated heterocycles. The zero-order valence-corrected chi connectivity index (χ0v) is 12.6. The molecule has 0 spiro atoms. The maximum atomic E-state index is 13.4. The zero-order chi connectivity index (χ0) is 15.4. The molecule has 1 aromatic rings. The fraction of sp³-hybridized carbons (Fsp3) is 0.471. The summed E-state index contributed by atoms with van der Waals surface area (Å²) in [5.41, 5.74) is 1.61. The molecule has 0 aliphatic carbocycles. The molecule has 2 rings (SSSR count). The van der Waals surface area contributed by atoms with E-state index in [4.69, 9.17) is 5.11 Å². The van der Waals surface area contributed by atoms with E-state index >= 15 is 0 Å². The number of hydrogen-bond donors (Lipinski definition) is 1. The molecule has 4 heteroatoms. The Bertz CT molecular complexity index is 532. The van der Waals surface area contributed by atoms with Gasteiger partial charge in [-0.05, 0) is 56.0 Å². The first kappa shape index (κ1) is 15.7. The van der Waals surface area contributed by atoms with Crippen LogP contribution in [0.3, 0.4) is 0 Å². The molecule has 2 atom stereocenters. The molecular formula is C17H22FNO2. The van der Waals surface area contributed by atoms with Crippen LogP contribution in [0.5, 0.6) is 0 Å². The minimum Gasteiger partial charge on any atom is -0.478 e. The van der Waals surface area contributed by atoms with Crippen LogP contribution in [0.4, 0.5) is 4.39 Å². The third-order valence-electron chi connectivity index (χ3n) is 4.24. The summed E-state index contributed by atoms with van der Waals surface area (Å²) >= 11 is 0.